The predicted molar refractivity (Wildman–Crippen MR) is 55.5 cm³/mol. The number of rotatable bonds is 0. The molecular weight excluding hydrogens is 188 g/mol. The highest BCUT2D eigenvalue weighted by molar-refractivity contribution is 7.80. The van der Waals surface area contributed by atoms with Gasteiger partial charge in [0.25, 0.3) is 0 Å². The van der Waals surface area contributed by atoms with Crippen LogP contribution in [0.25, 0.3) is 10.1 Å². The van der Waals surface area contributed by atoms with E-state index in [0.717, 1.165) is 10.1 Å². The van der Waals surface area contributed by atoms with Gasteiger partial charge in [0.2, 0.25) is 0 Å². The van der Waals surface area contributed by atoms with Crippen molar-refractivity contribution in [1.82, 2.24) is 0 Å². The maximum atomic E-state index is 9.60. The Morgan fingerprint density at radius 2 is 2.17 bits per heavy atom. The molecule has 0 spiro atoms. The fourth-order valence-electron chi connectivity index (χ4n) is 1.21. The number of aryl methyl sites for hydroxylation is 1. The highest BCUT2D eigenvalue weighted by Crippen LogP contribution is 2.35. The van der Waals surface area contributed by atoms with Crippen molar-refractivity contribution >= 4 is 34.1 Å². The summed E-state index contributed by atoms with van der Waals surface area (Å²) in [7, 11) is 0. The number of benzene rings is 1. The lowest BCUT2D eigenvalue weighted by Gasteiger charge is -1.97. The first-order chi connectivity index (χ1) is 5.68. The minimum Gasteiger partial charge on any atom is -0.506 e. The molecule has 1 aromatic carbocycles. The van der Waals surface area contributed by atoms with Gasteiger partial charge in [-0.3, -0.25) is 0 Å². The average molecular weight is 196 g/mol. The molecule has 1 N–H and O–H groups in total. The highest BCUT2D eigenvalue weighted by atomic mass is 32.1. The van der Waals surface area contributed by atoms with Crippen LogP contribution < -0.4 is 0 Å². The Morgan fingerprint density at radius 3 is 2.92 bits per heavy atom. The van der Waals surface area contributed by atoms with Crippen molar-refractivity contribution in [2.45, 2.75) is 11.8 Å². The summed E-state index contributed by atoms with van der Waals surface area (Å²) in [5.41, 5.74) is 0. The molecule has 0 aliphatic carbocycles. The van der Waals surface area contributed by atoms with E-state index in [1.807, 2.05) is 25.1 Å². The molecule has 0 fully saturated rings. The summed E-state index contributed by atoms with van der Waals surface area (Å²) in [4.78, 5) is 1.85. The van der Waals surface area contributed by atoms with Gasteiger partial charge in [-0.1, -0.05) is 0 Å². The molecule has 0 radical (unpaired) electrons. The third-order valence-corrected chi connectivity index (χ3v) is 3.15. The van der Waals surface area contributed by atoms with Crippen molar-refractivity contribution in [1.29, 1.82) is 0 Å². The van der Waals surface area contributed by atoms with E-state index in [-0.39, 0.29) is 0 Å². The van der Waals surface area contributed by atoms with Crippen LogP contribution in [0.5, 0.6) is 5.75 Å². The van der Waals surface area contributed by atoms with E-state index < -0.39 is 0 Å². The van der Waals surface area contributed by atoms with Gasteiger partial charge in [0.1, 0.15) is 5.75 Å². The number of hydrogen-bond acceptors (Lipinski definition) is 3. The fourth-order valence-corrected chi connectivity index (χ4v) is 2.33. The van der Waals surface area contributed by atoms with Gasteiger partial charge in [-0.2, -0.15) is 0 Å². The largest absolute Gasteiger partial charge is 0.506 e. The molecule has 2 aromatic rings. The van der Waals surface area contributed by atoms with Gasteiger partial charge < -0.3 is 5.11 Å². The van der Waals surface area contributed by atoms with Crippen LogP contribution in [0.2, 0.25) is 0 Å². The molecule has 2 rings (SSSR count). The van der Waals surface area contributed by atoms with Crippen molar-refractivity contribution in [3.8, 4) is 5.75 Å². The van der Waals surface area contributed by atoms with E-state index >= 15 is 0 Å². The summed E-state index contributed by atoms with van der Waals surface area (Å²) in [5, 5.41) is 10.5. The predicted octanol–water partition coefficient (Wildman–Crippen LogP) is 3.20. The molecule has 62 valence electrons. The molecule has 0 saturated carbocycles. The number of fused-ring (bicyclic) bond motifs is 1. The van der Waals surface area contributed by atoms with E-state index in [9.17, 15) is 5.11 Å². The Hall–Kier alpha value is -0.670. The molecule has 1 aromatic heterocycles. The van der Waals surface area contributed by atoms with E-state index in [1.54, 1.807) is 11.3 Å². The van der Waals surface area contributed by atoms with Crippen LogP contribution in [0.1, 0.15) is 4.88 Å². The summed E-state index contributed by atoms with van der Waals surface area (Å²) in [6.45, 7) is 2.03. The van der Waals surface area contributed by atoms with Crippen LogP contribution in [-0.4, -0.2) is 5.11 Å². The SMILES string of the molecule is Cc1cc2c(O)c(S)ccc2s1. The first kappa shape index (κ1) is 7.95. The quantitative estimate of drug-likeness (QED) is 0.620. The van der Waals surface area contributed by atoms with Crippen molar-refractivity contribution in [2.24, 2.45) is 0 Å². The lowest BCUT2D eigenvalue weighted by molar-refractivity contribution is 0.469. The van der Waals surface area contributed by atoms with Gasteiger partial charge >= 0.3 is 0 Å². The summed E-state index contributed by atoms with van der Waals surface area (Å²) in [6.07, 6.45) is 0. The summed E-state index contributed by atoms with van der Waals surface area (Å²) in [5.74, 6) is 0.292. The zero-order valence-corrected chi connectivity index (χ0v) is 8.25. The molecule has 3 heteroatoms. The zero-order chi connectivity index (χ0) is 8.72. The van der Waals surface area contributed by atoms with Crippen LogP contribution in [0, 0.1) is 6.92 Å². The Morgan fingerprint density at radius 1 is 1.42 bits per heavy atom. The second kappa shape index (κ2) is 2.68. The molecule has 1 nitrogen and oxygen atoms in total. The fraction of sp³-hybridized carbons (Fsp3) is 0.111. The van der Waals surface area contributed by atoms with Crippen LogP contribution >= 0.6 is 24.0 Å². The van der Waals surface area contributed by atoms with Crippen LogP contribution in [0.3, 0.4) is 0 Å². The third-order valence-electron chi connectivity index (χ3n) is 1.77. The minimum absolute atomic E-state index is 0.292. The number of phenols is 1. The Balaban J connectivity index is 2.89. The smallest absolute Gasteiger partial charge is 0.137 e. The summed E-state index contributed by atoms with van der Waals surface area (Å²) < 4.78 is 1.11. The normalized spacial score (nSPS) is 10.8. The van der Waals surface area contributed by atoms with E-state index in [0.29, 0.717) is 10.6 Å². The number of phenolic OH excluding ortho intramolecular Hbond substituents is 1. The third kappa shape index (κ3) is 1.09. The average Bonchev–Trinajstić information content (AvgIpc) is 2.39. The Bertz CT molecular complexity index is 431. The molecule has 0 aliphatic rings. The summed E-state index contributed by atoms with van der Waals surface area (Å²) >= 11 is 5.82. The lowest BCUT2D eigenvalue weighted by atomic mass is 10.2. The molecule has 0 atom stereocenters. The van der Waals surface area contributed by atoms with Gasteiger partial charge in [0.05, 0.1) is 0 Å². The number of thiophene rings is 1. The number of thiol groups is 1. The highest BCUT2D eigenvalue weighted by Gasteiger charge is 2.05. The van der Waals surface area contributed by atoms with Crippen LogP contribution in [0.4, 0.5) is 0 Å². The van der Waals surface area contributed by atoms with Crippen molar-refractivity contribution in [2.75, 3.05) is 0 Å². The summed E-state index contributed by atoms with van der Waals surface area (Å²) in [6, 6.07) is 5.78. The van der Waals surface area contributed by atoms with Gasteiger partial charge in [-0.15, -0.1) is 24.0 Å². The first-order valence-electron chi connectivity index (χ1n) is 3.59. The van der Waals surface area contributed by atoms with E-state index in [1.165, 1.54) is 4.88 Å². The molecule has 12 heavy (non-hydrogen) atoms. The molecule has 0 saturated heterocycles. The lowest BCUT2D eigenvalue weighted by Crippen LogP contribution is -1.69. The monoisotopic (exact) mass is 196 g/mol. The molecule has 0 amide bonds. The molecule has 1 heterocycles. The van der Waals surface area contributed by atoms with Crippen molar-refractivity contribution in [3.05, 3.63) is 23.1 Å². The van der Waals surface area contributed by atoms with E-state index in [2.05, 4.69) is 12.6 Å². The molecule has 0 bridgehead atoms. The minimum atomic E-state index is 0.292. The van der Waals surface area contributed by atoms with Crippen LogP contribution in [0.15, 0.2) is 23.1 Å². The number of hydrogen-bond donors (Lipinski definition) is 2. The van der Waals surface area contributed by atoms with Crippen LogP contribution in [-0.2, 0) is 0 Å². The van der Waals surface area contributed by atoms with Gasteiger partial charge in [0, 0.05) is 19.9 Å². The van der Waals surface area contributed by atoms with Gasteiger partial charge in [-0.05, 0) is 25.1 Å². The Labute approximate surface area is 80.1 Å². The topological polar surface area (TPSA) is 20.2 Å². The van der Waals surface area contributed by atoms with E-state index in [4.69, 9.17) is 0 Å². The zero-order valence-electron chi connectivity index (χ0n) is 6.53. The Kier molecular flexibility index (Phi) is 1.77. The molecular formula is C9H8OS2. The second-order valence-corrected chi connectivity index (χ2v) is 4.47. The maximum Gasteiger partial charge on any atom is 0.137 e. The first-order valence-corrected chi connectivity index (χ1v) is 4.86. The van der Waals surface area contributed by atoms with Gasteiger partial charge in [-0.25, -0.2) is 0 Å². The van der Waals surface area contributed by atoms with Crippen molar-refractivity contribution < 1.29 is 5.11 Å². The maximum absolute atomic E-state index is 9.60. The standard InChI is InChI=1S/C9H8OS2/c1-5-4-6-8(12-5)3-2-7(11)9(6)10/h2-4,10-11H,1H3. The van der Waals surface area contributed by atoms with Crippen molar-refractivity contribution in [3.63, 3.8) is 0 Å². The molecule has 0 unspecified atom stereocenters. The molecule has 0 aliphatic heterocycles. The van der Waals surface area contributed by atoms with Gasteiger partial charge in [0.15, 0.2) is 0 Å². The second-order valence-electron chi connectivity index (χ2n) is 2.70. The number of aromatic hydroxyl groups is 1.